The molecule has 6 N–H and O–H groups in total. The fraction of sp³-hybridized carbons (Fsp3) is 0.579. The highest BCUT2D eigenvalue weighted by atomic mass is 16.8. The highest BCUT2D eigenvalue weighted by Gasteiger charge is 2.51. The van der Waals surface area contributed by atoms with Crippen molar-refractivity contribution in [3.63, 3.8) is 0 Å². The molecular formula is C38H51N3O15. The van der Waals surface area contributed by atoms with Gasteiger partial charge in [0.15, 0.2) is 6.29 Å². The van der Waals surface area contributed by atoms with Gasteiger partial charge in [-0.05, 0) is 50.5 Å². The topological polar surface area (TPSA) is 243 Å². The van der Waals surface area contributed by atoms with Crippen LogP contribution in [-0.4, -0.2) is 166 Å². The molecule has 2 amide bonds. The molecule has 0 radical (unpaired) electrons. The second-order valence-corrected chi connectivity index (χ2v) is 13.9. The number of benzene rings is 2. The van der Waals surface area contributed by atoms with Gasteiger partial charge in [0.1, 0.15) is 62.0 Å². The van der Waals surface area contributed by atoms with E-state index in [0.29, 0.717) is 12.0 Å². The molecule has 308 valence electrons. The summed E-state index contributed by atoms with van der Waals surface area (Å²) in [5.41, 5.74) is 0.691. The molecule has 2 aromatic carbocycles. The van der Waals surface area contributed by atoms with Gasteiger partial charge in [-0.3, -0.25) is 19.2 Å². The number of amides is 2. The van der Waals surface area contributed by atoms with Crippen LogP contribution in [0.15, 0.2) is 60.7 Å². The lowest BCUT2D eigenvalue weighted by atomic mass is 9.97. The standard InChI is InChI=1S/C38H51N3O15/c1-22-29(44)32(47)34(55-37-33(48)31(46)30(45)27(54-37)21-51-36(50)25-13-7-4-8-14-25)38(52-22)56-41-18-9-15-26(53-23(2)42)19-40(17-10-16-39-28(43)20-41)35(49)24-11-5-3-6-12-24/h3-8,11-14,22,26-27,29-34,37-38,44-48H,9-10,15-21H2,1-2H3,(H,39,43)/t22-,26+,27+,29-,30+,31-,32+,33+,34+,37-,38-/m0/s1. The lowest BCUT2D eigenvalue weighted by Crippen LogP contribution is -2.64. The Kier molecular flexibility index (Phi) is 15.7. The summed E-state index contributed by atoms with van der Waals surface area (Å²) in [5.74, 6) is -1.96. The highest BCUT2D eigenvalue weighted by Crippen LogP contribution is 2.30. The normalized spacial score (nSPS) is 32.5. The summed E-state index contributed by atoms with van der Waals surface area (Å²) in [4.78, 5) is 58.9. The van der Waals surface area contributed by atoms with Gasteiger partial charge in [0, 0.05) is 32.1 Å². The Morgan fingerprint density at radius 3 is 2.18 bits per heavy atom. The first-order valence-corrected chi connectivity index (χ1v) is 18.6. The van der Waals surface area contributed by atoms with Crippen molar-refractivity contribution in [2.45, 2.75) is 101 Å². The number of rotatable bonds is 9. The lowest BCUT2D eigenvalue weighted by Gasteiger charge is -2.46. The molecule has 2 aromatic rings. The zero-order valence-corrected chi connectivity index (χ0v) is 31.2. The van der Waals surface area contributed by atoms with Gasteiger partial charge in [-0.2, -0.15) is 5.06 Å². The van der Waals surface area contributed by atoms with Gasteiger partial charge in [0.25, 0.3) is 5.91 Å². The molecule has 11 atom stereocenters. The van der Waals surface area contributed by atoms with Crippen molar-refractivity contribution in [2.24, 2.45) is 0 Å². The van der Waals surface area contributed by atoms with Crippen LogP contribution in [-0.2, 0) is 38.1 Å². The van der Waals surface area contributed by atoms with E-state index in [4.69, 9.17) is 28.5 Å². The number of nitrogens with zero attached hydrogens (tertiary/aromatic N) is 2. The number of ether oxygens (including phenoxy) is 5. The molecule has 3 heterocycles. The van der Waals surface area contributed by atoms with E-state index in [1.807, 2.05) is 0 Å². The van der Waals surface area contributed by atoms with Crippen molar-refractivity contribution >= 4 is 23.8 Å². The van der Waals surface area contributed by atoms with Crippen LogP contribution < -0.4 is 5.32 Å². The third kappa shape index (κ3) is 11.5. The van der Waals surface area contributed by atoms with Crippen LogP contribution in [0, 0.1) is 0 Å². The van der Waals surface area contributed by atoms with E-state index in [1.165, 1.54) is 31.0 Å². The number of hydroxylamine groups is 2. The highest BCUT2D eigenvalue weighted by molar-refractivity contribution is 5.94. The molecule has 5 rings (SSSR count). The summed E-state index contributed by atoms with van der Waals surface area (Å²) in [6.07, 6.45) is -15.7. The van der Waals surface area contributed by atoms with Gasteiger partial charge in [-0.15, -0.1) is 0 Å². The number of nitrogens with one attached hydrogen (secondary N) is 1. The van der Waals surface area contributed by atoms with E-state index >= 15 is 0 Å². The van der Waals surface area contributed by atoms with Crippen LogP contribution in [0.4, 0.5) is 0 Å². The molecule has 56 heavy (non-hydrogen) atoms. The van der Waals surface area contributed by atoms with E-state index < -0.39 is 92.0 Å². The first-order valence-electron chi connectivity index (χ1n) is 18.6. The van der Waals surface area contributed by atoms with Gasteiger partial charge in [0.2, 0.25) is 12.2 Å². The number of esters is 2. The van der Waals surface area contributed by atoms with Crippen LogP contribution in [0.25, 0.3) is 0 Å². The number of carbonyl (C=O) groups excluding carboxylic acids is 4. The van der Waals surface area contributed by atoms with Crippen molar-refractivity contribution in [1.82, 2.24) is 15.3 Å². The number of aliphatic hydroxyl groups is 5. The number of aliphatic hydroxyl groups excluding tert-OH is 5. The third-order valence-corrected chi connectivity index (χ3v) is 9.63. The summed E-state index contributed by atoms with van der Waals surface area (Å²) in [7, 11) is 0. The SMILES string of the molecule is CC(=O)O[C@@H]1CCCN(O[C@@H]2O[C@@H](C)[C@H](O)[C@@H](O)[C@H]2O[C@@H]2O[C@H](COC(=O)c3ccccc3)[C@@H](O)[C@H](O)[C@H]2O)CC(=O)NCCCN(C(=O)c2ccccc2)C1. The fourth-order valence-electron chi connectivity index (χ4n) is 6.60. The fourth-order valence-corrected chi connectivity index (χ4v) is 6.60. The Labute approximate surface area is 323 Å². The maximum absolute atomic E-state index is 13.4. The van der Waals surface area contributed by atoms with Crippen molar-refractivity contribution < 1.29 is 73.2 Å². The average molecular weight is 790 g/mol. The first kappa shape index (κ1) is 43.1. The Hall–Kier alpha value is -4.08. The molecule has 0 aromatic heterocycles. The van der Waals surface area contributed by atoms with Gasteiger partial charge >= 0.3 is 11.9 Å². The predicted octanol–water partition coefficient (Wildman–Crippen LogP) is -0.889. The van der Waals surface area contributed by atoms with Crippen LogP contribution in [0.3, 0.4) is 0 Å². The van der Waals surface area contributed by atoms with E-state index in [0.717, 1.165) is 0 Å². The molecular weight excluding hydrogens is 738 g/mol. The molecule has 0 saturated carbocycles. The summed E-state index contributed by atoms with van der Waals surface area (Å²) < 4.78 is 28.4. The maximum Gasteiger partial charge on any atom is 0.338 e. The van der Waals surface area contributed by atoms with Crippen LogP contribution in [0.1, 0.15) is 53.8 Å². The Morgan fingerprint density at radius 1 is 0.821 bits per heavy atom. The Bertz CT molecular complexity index is 1590. The molecule has 18 heteroatoms. The summed E-state index contributed by atoms with van der Waals surface area (Å²) >= 11 is 0. The van der Waals surface area contributed by atoms with E-state index in [-0.39, 0.29) is 57.0 Å². The Morgan fingerprint density at radius 2 is 1.50 bits per heavy atom. The molecule has 3 aliphatic heterocycles. The maximum atomic E-state index is 13.4. The van der Waals surface area contributed by atoms with Gasteiger partial charge < -0.3 is 59.4 Å². The monoisotopic (exact) mass is 789 g/mol. The number of hydrogen-bond donors (Lipinski definition) is 6. The minimum absolute atomic E-state index is 0.0553. The predicted molar refractivity (Wildman–Crippen MR) is 192 cm³/mol. The first-order chi connectivity index (χ1) is 26.8. The number of carbonyl (C=O) groups is 4. The molecule has 18 nitrogen and oxygen atoms in total. The van der Waals surface area contributed by atoms with Crippen LogP contribution >= 0.6 is 0 Å². The zero-order valence-electron chi connectivity index (χ0n) is 31.2. The van der Waals surface area contributed by atoms with Gasteiger partial charge in [-0.1, -0.05) is 36.4 Å². The second kappa shape index (κ2) is 20.4. The third-order valence-electron chi connectivity index (χ3n) is 9.63. The quantitative estimate of drug-likeness (QED) is 0.169. The van der Waals surface area contributed by atoms with Crippen LogP contribution in [0.5, 0.6) is 0 Å². The van der Waals surface area contributed by atoms with Crippen molar-refractivity contribution in [3.05, 3.63) is 71.8 Å². The second-order valence-electron chi connectivity index (χ2n) is 13.9. The largest absolute Gasteiger partial charge is 0.461 e. The molecule has 0 aliphatic carbocycles. The minimum atomic E-state index is -1.88. The summed E-state index contributed by atoms with van der Waals surface area (Å²) in [6.45, 7) is 2.50. The molecule has 3 aliphatic rings. The van der Waals surface area contributed by atoms with E-state index in [2.05, 4.69) is 5.32 Å². The van der Waals surface area contributed by atoms with Crippen molar-refractivity contribution in [2.75, 3.05) is 39.3 Å². The summed E-state index contributed by atoms with van der Waals surface area (Å²) in [6, 6.07) is 16.7. The molecule has 0 spiro atoms. The lowest BCUT2D eigenvalue weighted by molar-refractivity contribution is -0.393. The van der Waals surface area contributed by atoms with Gasteiger partial charge in [-0.25, -0.2) is 4.79 Å². The number of hydrogen-bond acceptors (Lipinski definition) is 16. The van der Waals surface area contributed by atoms with E-state index in [1.54, 1.807) is 53.4 Å². The average Bonchev–Trinajstić information content (AvgIpc) is 3.20. The smallest absolute Gasteiger partial charge is 0.338 e. The van der Waals surface area contributed by atoms with Crippen LogP contribution in [0.2, 0.25) is 0 Å². The zero-order chi connectivity index (χ0) is 40.4. The van der Waals surface area contributed by atoms with Crippen molar-refractivity contribution in [3.8, 4) is 0 Å². The van der Waals surface area contributed by atoms with Crippen molar-refractivity contribution in [1.29, 1.82) is 0 Å². The Balaban J connectivity index is 1.29. The molecule has 3 fully saturated rings. The summed E-state index contributed by atoms with van der Waals surface area (Å²) in [5, 5.41) is 58.1. The molecule has 0 unspecified atom stereocenters. The minimum Gasteiger partial charge on any atom is -0.461 e. The molecule has 0 bridgehead atoms. The molecule has 3 saturated heterocycles. The van der Waals surface area contributed by atoms with E-state index in [9.17, 15) is 44.7 Å². The van der Waals surface area contributed by atoms with Gasteiger partial charge in [0.05, 0.1) is 18.2 Å².